The maximum absolute atomic E-state index is 6.08. The molecule has 0 fully saturated rings. The minimum Gasteiger partial charge on any atom is -0.357 e. The molecule has 24 heavy (non-hydrogen) atoms. The van der Waals surface area contributed by atoms with Crippen LogP contribution < -0.4 is 5.32 Å². The molecular weight excluding hydrogens is 347 g/mol. The third-order valence-electron chi connectivity index (χ3n) is 3.65. The van der Waals surface area contributed by atoms with E-state index in [0.717, 1.165) is 29.7 Å². The first-order chi connectivity index (χ1) is 11.4. The van der Waals surface area contributed by atoms with E-state index in [1.165, 1.54) is 0 Å². The average Bonchev–Trinajstić information content (AvgIpc) is 2.86. The summed E-state index contributed by atoms with van der Waals surface area (Å²) in [4.78, 5) is 6.68. The number of hydrogen-bond acceptors (Lipinski definition) is 3. The van der Waals surface area contributed by atoms with Crippen molar-refractivity contribution in [3.63, 3.8) is 0 Å². The summed E-state index contributed by atoms with van der Waals surface area (Å²) in [6, 6.07) is 5.63. The molecule has 0 saturated carbocycles. The topological polar surface area (TPSA) is 58.3 Å². The van der Waals surface area contributed by atoms with Gasteiger partial charge in [-0.1, -0.05) is 29.3 Å². The molecule has 2 rings (SSSR count). The number of nitrogens with zero attached hydrogens (tertiary/aromatic N) is 5. The Kier molecular flexibility index (Phi) is 6.45. The first kappa shape index (κ1) is 18.5. The largest absolute Gasteiger partial charge is 0.357 e. The molecule has 0 spiro atoms. The van der Waals surface area contributed by atoms with E-state index >= 15 is 0 Å². The average molecular weight is 369 g/mol. The fourth-order valence-electron chi connectivity index (χ4n) is 2.19. The summed E-state index contributed by atoms with van der Waals surface area (Å²) in [5.41, 5.74) is 1.06. The Bertz CT molecular complexity index is 725. The van der Waals surface area contributed by atoms with Crippen LogP contribution in [0.2, 0.25) is 10.0 Å². The van der Waals surface area contributed by atoms with Crippen LogP contribution in [-0.4, -0.2) is 39.2 Å². The van der Waals surface area contributed by atoms with Gasteiger partial charge in [-0.05, 0) is 31.5 Å². The lowest BCUT2D eigenvalue weighted by atomic mass is 10.2. The molecule has 0 unspecified atom stereocenters. The van der Waals surface area contributed by atoms with E-state index in [4.69, 9.17) is 23.2 Å². The third kappa shape index (κ3) is 4.61. The van der Waals surface area contributed by atoms with Gasteiger partial charge < -0.3 is 14.8 Å². The highest BCUT2D eigenvalue weighted by Crippen LogP contribution is 2.23. The number of aliphatic imine (C=N–C) groups is 1. The van der Waals surface area contributed by atoms with E-state index in [0.29, 0.717) is 23.1 Å². The van der Waals surface area contributed by atoms with Gasteiger partial charge in [-0.25, -0.2) is 4.99 Å². The molecule has 130 valence electrons. The number of nitrogens with one attached hydrogen (secondary N) is 1. The van der Waals surface area contributed by atoms with Crippen molar-refractivity contribution in [1.29, 1.82) is 0 Å². The molecule has 0 radical (unpaired) electrons. The molecule has 1 heterocycles. The molecule has 0 aliphatic carbocycles. The van der Waals surface area contributed by atoms with Gasteiger partial charge in [0.25, 0.3) is 0 Å². The molecular formula is C16H22Cl2N6. The lowest BCUT2D eigenvalue weighted by Crippen LogP contribution is -2.38. The van der Waals surface area contributed by atoms with Gasteiger partial charge in [0.1, 0.15) is 12.4 Å². The van der Waals surface area contributed by atoms with Crippen LogP contribution in [0.4, 0.5) is 0 Å². The Morgan fingerprint density at radius 3 is 2.62 bits per heavy atom. The molecule has 0 aliphatic heterocycles. The number of aromatic nitrogens is 3. The second kappa shape index (κ2) is 8.35. The van der Waals surface area contributed by atoms with E-state index < -0.39 is 0 Å². The maximum atomic E-state index is 6.08. The highest BCUT2D eigenvalue weighted by atomic mass is 35.5. The smallest absolute Gasteiger partial charge is 0.194 e. The molecule has 8 heteroatoms. The van der Waals surface area contributed by atoms with E-state index in [-0.39, 0.29) is 0 Å². The van der Waals surface area contributed by atoms with Gasteiger partial charge in [0, 0.05) is 27.2 Å². The Morgan fingerprint density at radius 1 is 1.29 bits per heavy atom. The van der Waals surface area contributed by atoms with Crippen molar-refractivity contribution in [2.45, 2.75) is 26.9 Å². The van der Waals surface area contributed by atoms with Gasteiger partial charge in [0.05, 0.1) is 10.0 Å². The van der Waals surface area contributed by atoms with Crippen molar-refractivity contribution < 1.29 is 0 Å². The minimum absolute atomic E-state index is 0.464. The van der Waals surface area contributed by atoms with Crippen LogP contribution in [0.3, 0.4) is 0 Å². The minimum atomic E-state index is 0.464. The molecule has 2 aromatic rings. The Labute approximate surface area is 152 Å². The van der Waals surface area contributed by atoms with Crippen LogP contribution in [0.5, 0.6) is 0 Å². The summed E-state index contributed by atoms with van der Waals surface area (Å²) in [6.45, 7) is 5.87. The summed E-state index contributed by atoms with van der Waals surface area (Å²) in [5.74, 6) is 2.49. The van der Waals surface area contributed by atoms with E-state index in [9.17, 15) is 0 Å². The Morgan fingerprint density at radius 2 is 2.04 bits per heavy atom. The molecule has 0 bridgehead atoms. The number of rotatable bonds is 5. The van der Waals surface area contributed by atoms with Gasteiger partial charge in [-0.3, -0.25) is 0 Å². The predicted molar refractivity (Wildman–Crippen MR) is 98.5 cm³/mol. The zero-order valence-electron chi connectivity index (χ0n) is 14.3. The van der Waals surface area contributed by atoms with Crippen molar-refractivity contribution in [2.75, 3.05) is 13.6 Å². The lowest BCUT2D eigenvalue weighted by molar-refractivity contribution is 0.476. The van der Waals surface area contributed by atoms with Crippen molar-refractivity contribution >= 4 is 29.2 Å². The highest BCUT2D eigenvalue weighted by molar-refractivity contribution is 6.42. The van der Waals surface area contributed by atoms with Crippen LogP contribution in [0.15, 0.2) is 23.2 Å². The lowest BCUT2D eigenvalue weighted by Gasteiger charge is -2.22. The molecule has 0 atom stereocenters. The van der Waals surface area contributed by atoms with Crippen LogP contribution in [0.25, 0.3) is 0 Å². The number of hydrogen-bond donors (Lipinski definition) is 1. The molecule has 0 aliphatic rings. The standard InChI is InChI=1S/C16H22Cl2N6/c1-5-19-16(20-9-15-22-21-11(2)24(15)4)23(3)10-12-6-7-13(17)14(18)8-12/h6-8H,5,9-10H2,1-4H3,(H,19,20). The van der Waals surface area contributed by atoms with Gasteiger partial charge in [0.2, 0.25) is 0 Å². The van der Waals surface area contributed by atoms with Gasteiger partial charge in [-0.2, -0.15) is 0 Å². The summed E-state index contributed by atoms with van der Waals surface area (Å²) in [6.07, 6.45) is 0. The van der Waals surface area contributed by atoms with Crippen molar-refractivity contribution in [1.82, 2.24) is 25.0 Å². The first-order valence-electron chi connectivity index (χ1n) is 7.70. The number of halogens is 2. The fourth-order valence-corrected chi connectivity index (χ4v) is 2.51. The molecule has 1 aromatic carbocycles. The van der Waals surface area contributed by atoms with Gasteiger partial charge in [-0.15, -0.1) is 10.2 Å². The second-order valence-electron chi connectivity index (χ2n) is 5.50. The maximum Gasteiger partial charge on any atom is 0.194 e. The van der Waals surface area contributed by atoms with Crippen molar-refractivity contribution in [2.24, 2.45) is 12.0 Å². The monoisotopic (exact) mass is 368 g/mol. The number of benzene rings is 1. The Balaban J connectivity index is 2.11. The van der Waals surface area contributed by atoms with E-state index in [2.05, 4.69) is 20.5 Å². The van der Waals surface area contributed by atoms with E-state index in [1.807, 2.05) is 49.5 Å². The van der Waals surface area contributed by atoms with Crippen molar-refractivity contribution in [3.8, 4) is 0 Å². The quantitative estimate of drug-likeness (QED) is 0.650. The summed E-state index contributed by atoms with van der Waals surface area (Å²) >= 11 is 12.1. The van der Waals surface area contributed by atoms with Gasteiger partial charge in [0.15, 0.2) is 11.8 Å². The first-order valence-corrected chi connectivity index (χ1v) is 8.46. The fraction of sp³-hybridized carbons (Fsp3) is 0.438. The van der Waals surface area contributed by atoms with Gasteiger partial charge >= 0.3 is 0 Å². The van der Waals surface area contributed by atoms with E-state index in [1.54, 1.807) is 6.07 Å². The normalized spacial score (nSPS) is 11.7. The SMILES string of the molecule is CCNC(=NCc1nnc(C)n1C)N(C)Cc1ccc(Cl)c(Cl)c1. The van der Waals surface area contributed by atoms with Crippen molar-refractivity contribution in [3.05, 3.63) is 45.5 Å². The summed E-state index contributed by atoms with van der Waals surface area (Å²) in [7, 11) is 3.92. The molecule has 1 N–H and O–H groups in total. The second-order valence-corrected chi connectivity index (χ2v) is 6.31. The van der Waals surface area contributed by atoms with Crippen LogP contribution in [0, 0.1) is 6.92 Å². The zero-order chi connectivity index (χ0) is 17.7. The predicted octanol–water partition coefficient (Wildman–Crippen LogP) is 3.03. The van der Waals surface area contributed by atoms with Crippen LogP contribution >= 0.6 is 23.2 Å². The number of guanidine groups is 1. The molecule has 0 amide bonds. The molecule has 1 aromatic heterocycles. The van der Waals surface area contributed by atoms with Crippen LogP contribution in [0.1, 0.15) is 24.1 Å². The molecule has 0 saturated heterocycles. The van der Waals surface area contributed by atoms with Crippen LogP contribution in [-0.2, 0) is 20.1 Å². The summed E-state index contributed by atoms with van der Waals surface area (Å²) < 4.78 is 1.94. The zero-order valence-corrected chi connectivity index (χ0v) is 15.9. The highest BCUT2D eigenvalue weighted by Gasteiger charge is 2.10. The number of aryl methyl sites for hydroxylation is 1. The third-order valence-corrected chi connectivity index (χ3v) is 4.39. The Hall–Kier alpha value is -1.79. The summed E-state index contributed by atoms with van der Waals surface area (Å²) in [5, 5.41) is 12.6. The molecule has 6 nitrogen and oxygen atoms in total.